The molecule has 2 N–H and O–H groups in total. The lowest BCUT2D eigenvalue weighted by atomic mass is 10.0. The van der Waals surface area contributed by atoms with Crippen molar-refractivity contribution in [1.29, 1.82) is 0 Å². The van der Waals surface area contributed by atoms with Crippen LogP contribution >= 0.6 is 46.7 Å². The van der Waals surface area contributed by atoms with Crippen LogP contribution in [0.5, 0.6) is 0 Å². The SMILES string of the molecule is O=C(O)Cc1csc(C2=C(C(=S)OC(c3ccccc3)c3ccccc3)N3C(=O)[C@@H](NC(=O)Cc4cccs4)[C@H]3SC2)n1. The fraction of sp³-hybridized carbons (Fsp3) is 0.194. The van der Waals surface area contributed by atoms with E-state index in [-0.39, 0.29) is 35.1 Å². The first-order valence-electron chi connectivity index (χ1n) is 13.4. The second-order valence-electron chi connectivity index (χ2n) is 9.86. The summed E-state index contributed by atoms with van der Waals surface area (Å²) < 4.78 is 6.54. The monoisotopic (exact) mass is 647 g/mol. The van der Waals surface area contributed by atoms with Crippen molar-refractivity contribution in [2.24, 2.45) is 0 Å². The number of carboxylic acids is 1. The number of carbonyl (C=O) groups excluding carboxylic acids is 2. The largest absolute Gasteiger partial charge is 0.481 e. The molecule has 2 amide bonds. The van der Waals surface area contributed by atoms with Gasteiger partial charge in [0, 0.05) is 21.6 Å². The van der Waals surface area contributed by atoms with E-state index >= 15 is 0 Å². The molecule has 2 aliphatic heterocycles. The van der Waals surface area contributed by atoms with Crippen LogP contribution in [-0.2, 0) is 32.0 Å². The normalized spacial score (nSPS) is 17.8. The number of carboxylic acid groups (broad SMARTS) is 1. The number of fused-ring (bicyclic) bond motifs is 1. The molecular weight excluding hydrogens is 623 g/mol. The number of aromatic nitrogens is 1. The molecule has 0 bridgehead atoms. The van der Waals surface area contributed by atoms with Crippen LogP contribution in [0.2, 0.25) is 0 Å². The Morgan fingerprint density at radius 2 is 1.72 bits per heavy atom. The molecule has 8 nitrogen and oxygen atoms in total. The summed E-state index contributed by atoms with van der Waals surface area (Å²) >= 11 is 10.2. The van der Waals surface area contributed by atoms with Crippen LogP contribution in [0.4, 0.5) is 0 Å². The number of amides is 2. The highest BCUT2D eigenvalue weighted by Gasteiger charge is 2.54. The van der Waals surface area contributed by atoms with Gasteiger partial charge in [-0.25, -0.2) is 4.98 Å². The van der Waals surface area contributed by atoms with Gasteiger partial charge in [0.25, 0.3) is 5.91 Å². The zero-order valence-electron chi connectivity index (χ0n) is 22.5. The van der Waals surface area contributed by atoms with E-state index in [9.17, 15) is 19.5 Å². The number of thioether (sulfide) groups is 1. The van der Waals surface area contributed by atoms with Crippen molar-refractivity contribution < 1.29 is 24.2 Å². The van der Waals surface area contributed by atoms with Crippen molar-refractivity contribution in [3.8, 4) is 0 Å². The minimum atomic E-state index is -0.976. The summed E-state index contributed by atoms with van der Waals surface area (Å²) in [4.78, 5) is 44.8. The molecule has 0 saturated carbocycles. The molecule has 0 spiro atoms. The first kappa shape index (κ1) is 29.2. The number of ether oxygens (including phenoxy) is 1. The van der Waals surface area contributed by atoms with E-state index < -0.39 is 18.1 Å². The van der Waals surface area contributed by atoms with Gasteiger partial charge in [-0.1, -0.05) is 66.7 Å². The van der Waals surface area contributed by atoms with Crippen LogP contribution < -0.4 is 5.32 Å². The van der Waals surface area contributed by atoms with Crippen molar-refractivity contribution >= 4 is 75.1 Å². The summed E-state index contributed by atoms with van der Waals surface area (Å²) in [7, 11) is 0. The third-order valence-corrected chi connectivity index (χ3v) is 10.4. The molecule has 0 unspecified atom stereocenters. The average Bonchev–Trinajstić information content (AvgIpc) is 3.70. The number of thiocarbonyl (C=S) groups is 1. The van der Waals surface area contributed by atoms with Crippen LogP contribution in [0.15, 0.2) is 89.3 Å². The van der Waals surface area contributed by atoms with Gasteiger partial charge < -0.3 is 15.2 Å². The number of nitrogens with one attached hydrogen (secondary N) is 1. The lowest BCUT2D eigenvalue weighted by Crippen LogP contribution is -2.70. The lowest BCUT2D eigenvalue weighted by molar-refractivity contribution is -0.145. The van der Waals surface area contributed by atoms with Crippen LogP contribution in [0.1, 0.15) is 32.8 Å². The van der Waals surface area contributed by atoms with Gasteiger partial charge in [0.2, 0.25) is 11.0 Å². The van der Waals surface area contributed by atoms with Crippen molar-refractivity contribution in [3.63, 3.8) is 0 Å². The predicted octanol–water partition coefficient (Wildman–Crippen LogP) is 5.32. The molecule has 2 aromatic heterocycles. The molecule has 4 heterocycles. The van der Waals surface area contributed by atoms with Gasteiger partial charge >= 0.3 is 5.97 Å². The Kier molecular flexibility index (Phi) is 8.70. The van der Waals surface area contributed by atoms with Gasteiger partial charge in [-0.15, -0.1) is 34.4 Å². The van der Waals surface area contributed by atoms with Gasteiger partial charge in [-0.05, 0) is 34.8 Å². The lowest BCUT2D eigenvalue weighted by Gasteiger charge is -2.50. The van der Waals surface area contributed by atoms with Crippen LogP contribution in [0, 0.1) is 0 Å². The number of carbonyl (C=O) groups is 3. The molecule has 0 aliphatic carbocycles. The zero-order valence-corrected chi connectivity index (χ0v) is 25.8. The summed E-state index contributed by atoms with van der Waals surface area (Å²) in [5, 5.41) is 16.1. The summed E-state index contributed by atoms with van der Waals surface area (Å²) in [6.07, 6.45) is -0.538. The minimum absolute atomic E-state index is 0.129. The van der Waals surface area contributed by atoms with Gasteiger partial charge in [-0.2, -0.15) is 0 Å². The number of hydrogen-bond acceptors (Lipinski definition) is 9. The predicted molar refractivity (Wildman–Crippen MR) is 172 cm³/mol. The van der Waals surface area contributed by atoms with Crippen LogP contribution in [-0.4, -0.2) is 55.0 Å². The molecule has 6 rings (SSSR count). The van der Waals surface area contributed by atoms with Gasteiger partial charge in [0.05, 0.1) is 18.5 Å². The van der Waals surface area contributed by atoms with E-state index in [1.807, 2.05) is 78.2 Å². The number of β-lactam (4-membered cyclic amide) rings is 1. The van der Waals surface area contributed by atoms with E-state index in [2.05, 4.69) is 10.3 Å². The zero-order chi connectivity index (χ0) is 29.9. The summed E-state index contributed by atoms with van der Waals surface area (Å²) in [5.74, 6) is -1.03. The first-order valence-corrected chi connectivity index (χ1v) is 16.6. The van der Waals surface area contributed by atoms with E-state index in [4.69, 9.17) is 17.0 Å². The molecule has 2 aliphatic rings. The maximum atomic E-state index is 13.7. The third-order valence-electron chi connectivity index (χ3n) is 6.96. The third kappa shape index (κ3) is 6.28. The van der Waals surface area contributed by atoms with E-state index in [0.29, 0.717) is 27.7 Å². The molecule has 2 aromatic carbocycles. The van der Waals surface area contributed by atoms with Crippen molar-refractivity contribution in [1.82, 2.24) is 15.2 Å². The van der Waals surface area contributed by atoms with Crippen molar-refractivity contribution in [3.05, 3.63) is 116 Å². The second-order valence-corrected chi connectivity index (χ2v) is 13.2. The summed E-state index contributed by atoms with van der Waals surface area (Å²) in [6, 6.07) is 22.5. The fourth-order valence-electron chi connectivity index (χ4n) is 5.00. The number of aliphatic carboxylic acids is 1. The van der Waals surface area contributed by atoms with E-state index in [1.165, 1.54) is 34.4 Å². The number of rotatable bonds is 10. The second kappa shape index (κ2) is 12.8. The topological polar surface area (TPSA) is 109 Å². The highest BCUT2D eigenvalue weighted by atomic mass is 32.2. The molecule has 0 radical (unpaired) electrons. The minimum Gasteiger partial charge on any atom is -0.481 e. The number of hydrogen-bond donors (Lipinski definition) is 2. The van der Waals surface area contributed by atoms with Crippen molar-refractivity contribution in [2.45, 2.75) is 30.4 Å². The number of benzene rings is 2. The molecule has 1 saturated heterocycles. The highest BCUT2D eigenvalue weighted by Crippen LogP contribution is 2.45. The summed E-state index contributed by atoms with van der Waals surface area (Å²) in [5.41, 5.74) is 3.35. The molecule has 43 heavy (non-hydrogen) atoms. The Morgan fingerprint density at radius 3 is 2.35 bits per heavy atom. The Morgan fingerprint density at radius 1 is 1.02 bits per heavy atom. The highest BCUT2D eigenvalue weighted by molar-refractivity contribution is 8.00. The van der Waals surface area contributed by atoms with Crippen LogP contribution in [0.25, 0.3) is 5.57 Å². The molecule has 2 atom stereocenters. The Hall–Kier alpha value is -3.84. The first-order chi connectivity index (χ1) is 20.9. The van der Waals surface area contributed by atoms with Crippen molar-refractivity contribution in [2.75, 3.05) is 5.75 Å². The fourth-order valence-corrected chi connectivity index (χ4v) is 8.32. The number of thiazole rings is 1. The van der Waals surface area contributed by atoms with E-state index in [0.717, 1.165) is 16.0 Å². The van der Waals surface area contributed by atoms with Gasteiger partial charge in [-0.3, -0.25) is 19.3 Å². The molecule has 12 heteroatoms. The van der Waals surface area contributed by atoms with Gasteiger partial charge in [0.15, 0.2) is 0 Å². The number of nitrogens with zero attached hydrogens (tertiary/aromatic N) is 2. The number of thiophene rings is 1. The Labute approximate surface area is 265 Å². The maximum absolute atomic E-state index is 13.7. The molecule has 4 aromatic rings. The molecule has 1 fully saturated rings. The summed E-state index contributed by atoms with van der Waals surface area (Å²) in [6.45, 7) is 0. The standard InChI is InChI=1S/C31H25N3O5S4/c35-23(15-21-12-7-13-41-21)33-25-29(38)34-26(22(17-43-30(25)34)28-32-20(16-42-28)14-24(36)37)31(40)39-27(18-8-3-1-4-9-18)19-10-5-2-6-11-19/h1-13,16,25,27,30H,14-15,17H2,(H,33,35)(H,36,37)/t25-,30-/m1/s1. The molecular formula is C31H25N3O5S4. The maximum Gasteiger partial charge on any atom is 0.309 e. The van der Waals surface area contributed by atoms with E-state index in [1.54, 1.807) is 10.3 Å². The quantitative estimate of drug-likeness (QED) is 0.176. The molecule has 218 valence electrons. The smallest absolute Gasteiger partial charge is 0.309 e. The Balaban J connectivity index is 1.33. The Bertz CT molecular complexity index is 1650. The van der Waals surface area contributed by atoms with Gasteiger partial charge in [0.1, 0.15) is 28.2 Å². The van der Waals surface area contributed by atoms with Crippen LogP contribution in [0.3, 0.4) is 0 Å². The average molecular weight is 648 g/mol.